The minimum atomic E-state index is -0.547. The van der Waals surface area contributed by atoms with E-state index in [1.165, 1.54) is 24.3 Å². The van der Waals surface area contributed by atoms with E-state index < -0.39 is 16.9 Å². The molecule has 0 aliphatic carbocycles. The topological polar surface area (TPSA) is 107 Å². The Morgan fingerprint density at radius 3 is 2.59 bits per heavy atom. The third-order valence-corrected chi connectivity index (χ3v) is 5.51. The molecule has 1 aliphatic heterocycles. The van der Waals surface area contributed by atoms with Gasteiger partial charge in [0.25, 0.3) is 5.69 Å². The molecule has 10 heteroatoms. The van der Waals surface area contributed by atoms with Crippen LogP contribution in [0.15, 0.2) is 68.8 Å². The standard InChI is InChI=1S/C22H18BrN3O6/c1-30-18-7-6-13(11-20(18)31-2)16-12-17(14-4-3-5-15(10-14)26(28)29)25(24-16)22(27)19-8-9-21(23)32-19/h3-11,17H,12H2,1-2H3. The summed E-state index contributed by atoms with van der Waals surface area (Å²) in [4.78, 5) is 24.0. The van der Waals surface area contributed by atoms with Gasteiger partial charge in [0, 0.05) is 24.1 Å². The normalized spacial score (nSPS) is 15.4. The molecule has 0 fully saturated rings. The van der Waals surface area contributed by atoms with Crippen molar-refractivity contribution < 1.29 is 23.6 Å². The Hall–Kier alpha value is -3.66. The average Bonchev–Trinajstić information content (AvgIpc) is 3.45. The molecular weight excluding hydrogens is 482 g/mol. The summed E-state index contributed by atoms with van der Waals surface area (Å²) in [6.45, 7) is 0. The smallest absolute Gasteiger partial charge is 0.310 e. The van der Waals surface area contributed by atoms with Crippen LogP contribution in [0.2, 0.25) is 0 Å². The molecular formula is C22H18BrN3O6. The molecule has 0 spiro atoms. The number of hydrogen-bond donors (Lipinski definition) is 0. The number of nitro benzene ring substituents is 1. The maximum atomic E-state index is 13.2. The first-order chi connectivity index (χ1) is 15.4. The number of ether oxygens (including phenoxy) is 2. The van der Waals surface area contributed by atoms with E-state index in [0.29, 0.717) is 33.9 Å². The molecule has 32 heavy (non-hydrogen) atoms. The lowest BCUT2D eigenvalue weighted by Gasteiger charge is -2.21. The van der Waals surface area contributed by atoms with Crippen LogP contribution in [0.25, 0.3) is 0 Å². The fourth-order valence-electron chi connectivity index (χ4n) is 3.54. The van der Waals surface area contributed by atoms with E-state index in [0.717, 1.165) is 5.56 Å². The Morgan fingerprint density at radius 2 is 1.94 bits per heavy atom. The SMILES string of the molecule is COc1ccc(C2=NN(C(=O)c3ccc(Br)o3)C(c3cccc([N+](=O)[O-])c3)C2)cc1OC. The van der Waals surface area contributed by atoms with Gasteiger partial charge >= 0.3 is 5.91 Å². The molecule has 9 nitrogen and oxygen atoms in total. The van der Waals surface area contributed by atoms with Gasteiger partial charge in [0.05, 0.1) is 30.9 Å². The first-order valence-electron chi connectivity index (χ1n) is 9.54. The number of rotatable bonds is 6. The average molecular weight is 500 g/mol. The summed E-state index contributed by atoms with van der Waals surface area (Å²) in [5, 5.41) is 17.1. The van der Waals surface area contributed by atoms with Gasteiger partial charge in [-0.15, -0.1) is 0 Å². The van der Waals surface area contributed by atoms with Gasteiger partial charge in [-0.3, -0.25) is 14.9 Å². The molecule has 4 rings (SSSR count). The Kier molecular flexibility index (Phi) is 5.95. The number of non-ortho nitro benzene ring substituents is 1. The van der Waals surface area contributed by atoms with Gasteiger partial charge < -0.3 is 13.9 Å². The molecule has 1 aliphatic rings. The molecule has 2 aromatic carbocycles. The lowest BCUT2D eigenvalue weighted by molar-refractivity contribution is -0.384. The molecule has 0 radical (unpaired) electrons. The molecule has 1 aromatic heterocycles. The predicted molar refractivity (Wildman–Crippen MR) is 119 cm³/mol. The molecule has 0 N–H and O–H groups in total. The van der Waals surface area contributed by atoms with E-state index in [4.69, 9.17) is 13.9 Å². The van der Waals surface area contributed by atoms with E-state index in [2.05, 4.69) is 21.0 Å². The highest BCUT2D eigenvalue weighted by Crippen LogP contribution is 2.37. The largest absolute Gasteiger partial charge is 0.493 e. The van der Waals surface area contributed by atoms with E-state index in [1.54, 1.807) is 43.5 Å². The lowest BCUT2D eigenvalue weighted by Crippen LogP contribution is -2.26. The Labute approximate surface area is 191 Å². The van der Waals surface area contributed by atoms with Crippen molar-refractivity contribution >= 4 is 33.2 Å². The van der Waals surface area contributed by atoms with E-state index in [9.17, 15) is 14.9 Å². The molecule has 1 atom stereocenters. The number of carbonyl (C=O) groups is 1. The molecule has 0 saturated heterocycles. The molecule has 0 saturated carbocycles. The number of carbonyl (C=O) groups excluding carboxylic acids is 1. The fourth-order valence-corrected chi connectivity index (χ4v) is 3.84. The van der Waals surface area contributed by atoms with Crippen molar-refractivity contribution in [1.82, 2.24) is 5.01 Å². The number of halogens is 1. The summed E-state index contributed by atoms with van der Waals surface area (Å²) in [7, 11) is 3.08. The molecule has 1 amide bonds. The van der Waals surface area contributed by atoms with Crippen LogP contribution in [0.1, 0.15) is 34.1 Å². The van der Waals surface area contributed by atoms with Crippen molar-refractivity contribution in [3.05, 3.63) is 86.3 Å². The number of methoxy groups -OCH3 is 2. The number of furan rings is 1. The fraction of sp³-hybridized carbons (Fsp3) is 0.182. The van der Waals surface area contributed by atoms with Gasteiger partial charge in [-0.2, -0.15) is 5.10 Å². The summed E-state index contributed by atoms with van der Waals surface area (Å²) >= 11 is 3.20. The van der Waals surface area contributed by atoms with Crippen LogP contribution in [0.5, 0.6) is 11.5 Å². The van der Waals surface area contributed by atoms with Crippen molar-refractivity contribution in [1.29, 1.82) is 0 Å². The minimum Gasteiger partial charge on any atom is -0.493 e. The quantitative estimate of drug-likeness (QED) is 0.350. The Balaban J connectivity index is 1.76. The summed E-state index contributed by atoms with van der Waals surface area (Å²) in [6, 6.07) is 14.2. The highest BCUT2D eigenvalue weighted by atomic mass is 79.9. The first-order valence-corrected chi connectivity index (χ1v) is 10.3. The molecule has 3 aromatic rings. The van der Waals surface area contributed by atoms with Gasteiger partial charge in [-0.25, -0.2) is 5.01 Å². The van der Waals surface area contributed by atoms with E-state index in [1.807, 2.05) is 6.07 Å². The van der Waals surface area contributed by atoms with Crippen molar-refractivity contribution in [3.63, 3.8) is 0 Å². The highest BCUT2D eigenvalue weighted by Gasteiger charge is 2.35. The van der Waals surface area contributed by atoms with Crippen LogP contribution in [-0.2, 0) is 0 Å². The van der Waals surface area contributed by atoms with Crippen LogP contribution in [0.4, 0.5) is 5.69 Å². The lowest BCUT2D eigenvalue weighted by atomic mass is 9.97. The number of nitrogens with zero attached hydrogens (tertiary/aromatic N) is 3. The highest BCUT2D eigenvalue weighted by molar-refractivity contribution is 9.10. The van der Waals surface area contributed by atoms with E-state index in [-0.39, 0.29) is 11.4 Å². The van der Waals surface area contributed by atoms with Crippen molar-refractivity contribution in [2.75, 3.05) is 14.2 Å². The monoisotopic (exact) mass is 499 g/mol. The number of amides is 1. The second kappa shape index (κ2) is 8.83. The van der Waals surface area contributed by atoms with Crippen LogP contribution >= 0.6 is 15.9 Å². The maximum absolute atomic E-state index is 13.2. The summed E-state index contributed by atoms with van der Waals surface area (Å²) in [5.74, 6) is 0.741. The van der Waals surface area contributed by atoms with Crippen LogP contribution in [0.3, 0.4) is 0 Å². The zero-order chi connectivity index (χ0) is 22.8. The second-order valence-electron chi connectivity index (χ2n) is 6.94. The molecule has 0 bridgehead atoms. The van der Waals surface area contributed by atoms with Crippen LogP contribution in [-0.4, -0.2) is 35.8 Å². The molecule has 1 unspecified atom stereocenters. The number of benzene rings is 2. The maximum Gasteiger partial charge on any atom is 0.310 e. The number of hydrogen-bond acceptors (Lipinski definition) is 7. The third-order valence-electron chi connectivity index (χ3n) is 5.08. The molecule has 2 heterocycles. The second-order valence-corrected chi connectivity index (χ2v) is 7.72. The Morgan fingerprint density at radius 1 is 1.16 bits per heavy atom. The predicted octanol–water partition coefficient (Wildman–Crippen LogP) is 4.96. The summed E-state index contributed by atoms with van der Waals surface area (Å²) < 4.78 is 16.5. The first kappa shape index (κ1) is 21.6. The van der Waals surface area contributed by atoms with Crippen LogP contribution in [0, 0.1) is 10.1 Å². The van der Waals surface area contributed by atoms with Crippen LogP contribution < -0.4 is 9.47 Å². The summed E-state index contributed by atoms with van der Waals surface area (Å²) in [6.07, 6.45) is 0.351. The molecule has 164 valence electrons. The minimum absolute atomic E-state index is 0.0600. The van der Waals surface area contributed by atoms with Gasteiger partial charge in [0.15, 0.2) is 21.9 Å². The van der Waals surface area contributed by atoms with Crippen molar-refractivity contribution in [2.45, 2.75) is 12.5 Å². The van der Waals surface area contributed by atoms with Crippen molar-refractivity contribution in [3.8, 4) is 11.5 Å². The third kappa shape index (κ3) is 4.09. The van der Waals surface area contributed by atoms with Crippen molar-refractivity contribution in [2.24, 2.45) is 5.10 Å². The summed E-state index contributed by atoms with van der Waals surface area (Å²) in [5.41, 5.74) is 1.91. The van der Waals surface area contributed by atoms with Gasteiger partial charge in [0.1, 0.15) is 0 Å². The van der Waals surface area contributed by atoms with Gasteiger partial charge in [0.2, 0.25) is 0 Å². The number of nitro groups is 1. The Bertz CT molecular complexity index is 1220. The number of hydrazone groups is 1. The van der Waals surface area contributed by atoms with Gasteiger partial charge in [-0.05, 0) is 51.8 Å². The van der Waals surface area contributed by atoms with E-state index >= 15 is 0 Å². The van der Waals surface area contributed by atoms with Gasteiger partial charge in [-0.1, -0.05) is 12.1 Å². The zero-order valence-corrected chi connectivity index (χ0v) is 18.7. The zero-order valence-electron chi connectivity index (χ0n) is 17.1.